The van der Waals surface area contributed by atoms with Crippen molar-refractivity contribution in [2.24, 2.45) is 0 Å². The Bertz CT molecular complexity index is 646. The summed E-state index contributed by atoms with van der Waals surface area (Å²) >= 11 is 0. The van der Waals surface area contributed by atoms with E-state index < -0.39 is 23.6 Å². The number of esters is 2. The van der Waals surface area contributed by atoms with Crippen LogP contribution in [0.5, 0.6) is 5.75 Å². The topological polar surface area (TPSA) is 90.9 Å². The first kappa shape index (κ1) is 17.8. The first-order chi connectivity index (χ1) is 11.2. The van der Waals surface area contributed by atoms with Crippen LogP contribution < -0.4 is 10.1 Å². The zero-order valence-electron chi connectivity index (χ0n) is 14.2. The average Bonchev–Trinajstić information content (AvgIpc) is 2.44. The first-order valence-electron chi connectivity index (χ1n) is 7.59. The van der Waals surface area contributed by atoms with Crippen molar-refractivity contribution in [1.82, 2.24) is 0 Å². The SMILES string of the molecule is COc1ccc(NC(=O)OC(C)(C)C)cc1C1CC(=O)OC(=O)C1. The molecule has 0 aromatic heterocycles. The van der Waals surface area contributed by atoms with Gasteiger partial charge in [-0.05, 0) is 39.0 Å². The van der Waals surface area contributed by atoms with Gasteiger partial charge in [0.15, 0.2) is 0 Å². The summed E-state index contributed by atoms with van der Waals surface area (Å²) in [5.74, 6) is -0.945. The Labute approximate surface area is 140 Å². The molecular weight excluding hydrogens is 314 g/mol. The molecular formula is C17H21NO6. The molecule has 0 bridgehead atoms. The zero-order chi connectivity index (χ0) is 17.9. The molecule has 7 heteroatoms. The smallest absolute Gasteiger partial charge is 0.412 e. The van der Waals surface area contributed by atoms with Gasteiger partial charge in [-0.2, -0.15) is 0 Å². The lowest BCUT2D eigenvalue weighted by atomic mass is 9.90. The summed E-state index contributed by atoms with van der Waals surface area (Å²) in [7, 11) is 1.50. The van der Waals surface area contributed by atoms with Crippen LogP contribution in [0.2, 0.25) is 0 Å². The number of carbonyl (C=O) groups is 3. The fraction of sp³-hybridized carbons (Fsp3) is 0.471. The summed E-state index contributed by atoms with van der Waals surface area (Å²) < 4.78 is 15.1. The monoisotopic (exact) mass is 335 g/mol. The van der Waals surface area contributed by atoms with Crippen LogP contribution in [0.25, 0.3) is 0 Å². The van der Waals surface area contributed by atoms with E-state index in [1.165, 1.54) is 7.11 Å². The fourth-order valence-corrected chi connectivity index (χ4v) is 2.46. The predicted octanol–water partition coefficient (Wildman–Crippen LogP) is 2.99. The molecule has 1 aromatic carbocycles. The summed E-state index contributed by atoms with van der Waals surface area (Å²) in [6.07, 6.45) is -0.423. The highest BCUT2D eigenvalue weighted by atomic mass is 16.6. The Hall–Kier alpha value is -2.57. The predicted molar refractivity (Wildman–Crippen MR) is 85.9 cm³/mol. The number of hydrogen-bond acceptors (Lipinski definition) is 6. The van der Waals surface area contributed by atoms with Gasteiger partial charge in [-0.25, -0.2) is 4.79 Å². The Balaban J connectivity index is 2.22. The van der Waals surface area contributed by atoms with Crippen LogP contribution in [0.4, 0.5) is 10.5 Å². The van der Waals surface area contributed by atoms with Gasteiger partial charge < -0.3 is 14.2 Å². The van der Waals surface area contributed by atoms with Crippen molar-refractivity contribution < 1.29 is 28.6 Å². The van der Waals surface area contributed by atoms with Crippen LogP contribution in [0.3, 0.4) is 0 Å². The van der Waals surface area contributed by atoms with Gasteiger partial charge in [0.2, 0.25) is 0 Å². The van der Waals surface area contributed by atoms with E-state index >= 15 is 0 Å². The number of methoxy groups -OCH3 is 1. The molecule has 0 spiro atoms. The van der Waals surface area contributed by atoms with Crippen molar-refractivity contribution in [2.75, 3.05) is 12.4 Å². The quantitative estimate of drug-likeness (QED) is 0.674. The maximum atomic E-state index is 11.9. The number of rotatable bonds is 3. The average molecular weight is 335 g/mol. The van der Waals surface area contributed by atoms with Crippen molar-refractivity contribution in [1.29, 1.82) is 0 Å². The highest BCUT2D eigenvalue weighted by Gasteiger charge is 2.30. The van der Waals surface area contributed by atoms with Gasteiger partial charge in [0.05, 0.1) is 20.0 Å². The van der Waals surface area contributed by atoms with E-state index in [0.29, 0.717) is 17.0 Å². The van der Waals surface area contributed by atoms with Gasteiger partial charge in [-0.1, -0.05) is 0 Å². The van der Waals surface area contributed by atoms with Gasteiger partial charge in [0.25, 0.3) is 0 Å². The zero-order valence-corrected chi connectivity index (χ0v) is 14.2. The van der Waals surface area contributed by atoms with Crippen molar-refractivity contribution >= 4 is 23.7 Å². The van der Waals surface area contributed by atoms with Crippen LogP contribution in [0.1, 0.15) is 45.1 Å². The standard InChI is InChI=1S/C17H21NO6/c1-17(2,3)24-16(21)18-11-5-6-13(22-4)12(9-11)10-7-14(19)23-15(20)8-10/h5-6,9-10H,7-8H2,1-4H3,(H,18,21). The van der Waals surface area contributed by atoms with Gasteiger partial charge >= 0.3 is 18.0 Å². The van der Waals surface area contributed by atoms with E-state index in [4.69, 9.17) is 9.47 Å². The number of cyclic esters (lactones) is 2. The molecule has 1 fully saturated rings. The highest BCUT2D eigenvalue weighted by Crippen LogP contribution is 2.36. The molecule has 1 aliphatic rings. The minimum absolute atomic E-state index is 0.0813. The lowest BCUT2D eigenvalue weighted by molar-refractivity contribution is -0.163. The summed E-state index contributed by atoms with van der Waals surface area (Å²) in [5, 5.41) is 2.63. The highest BCUT2D eigenvalue weighted by molar-refractivity contribution is 5.90. The van der Waals surface area contributed by atoms with Gasteiger partial charge in [-0.3, -0.25) is 14.9 Å². The second-order valence-corrected chi connectivity index (χ2v) is 6.53. The third kappa shape index (κ3) is 4.71. The maximum absolute atomic E-state index is 11.9. The fourth-order valence-electron chi connectivity index (χ4n) is 2.46. The maximum Gasteiger partial charge on any atom is 0.412 e. The van der Waals surface area contributed by atoms with Crippen LogP contribution >= 0.6 is 0 Å². The minimum atomic E-state index is -0.612. The van der Waals surface area contributed by atoms with Crippen LogP contribution in [-0.2, 0) is 19.1 Å². The molecule has 0 radical (unpaired) electrons. The molecule has 1 aromatic rings. The molecule has 0 saturated carbocycles. The van der Waals surface area contributed by atoms with Gasteiger partial charge in [-0.15, -0.1) is 0 Å². The summed E-state index contributed by atoms with van der Waals surface area (Å²) in [5.41, 5.74) is 0.543. The van der Waals surface area contributed by atoms with Crippen LogP contribution in [0, 0.1) is 0 Å². The third-order valence-corrected chi connectivity index (χ3v) is 3.37. The number of anilines is 1. The van der Waals surface area contributed by atoms with E-state index in [2.05, 4.69) is 10.1 Å². The Morgan fingerprint density at radius 3 is 2.38 bits per heavy atom. The number of hydrogen-bond donors (Lipinski definition) is 1. The Kier molecular flexibility index (Phi) is 5.11. The number of ether oxygens (including phenoxy) is 3. The molecule has 1 saturated heterocycles. The van der Waals surface area contributed by atoms with E-state index in [0.717, 1.165) is 0 Å². The normalized spacial score (nSPS) is 15.7. The van der Waals surface area contributed by atoms with E-state index in [1.807, 2.05) is 0 Å². The molecule has 7 nitrogen and oxygen atoms in total. The summed E-state index contributed by atoms with van der Waals surface area (Å²) in [6.45, 7) is 5.31. The van der Waals surface area contributed by atoms with Gasteiger partial charge in [0.1, 0.15) is 11.4 Å². The second kappa shape index (κ2) is 6.90. The lowest BCUT2D eigenvalue weighted by Gasteiger charge is -2.23. The first-order valence-corrected chi connectivity index (χ1v) is 7.59. The molecule has 2 rings (SSSR count). The molecule has 1 amide bonds. The minimum Gasteiger partial charge on any atom is -0.496 e. The van der Waals surface area contributed by atoms with Gasteiger partial charge in [0, 0.05) is 17.2 Å². The van der Waals surface area contributed by atoms with Crippen molar-refractivity contribution in [3.05, 3.63) is 23.8 Å². The van der Waals surface area contributed by atoms with Crippen molar-refractivity contribution in [3.8, 4) is 5.75 Å². The molecule has 130 valence electrons. The number of carbonyl (C=O) groups excluding carboxylic acids is 3. The lowest BCUT2D eigenvalue weighted by Crippen LogP contribution is -2.27. The molecule has 1 heterocycles. The van der Waals surface area contributed by atoms with E-state index in [9.17, 15) is 14.4 Å². The molecule has 0 aliphatic carbocycles. The summed E-state index contributed by atoms with van der Waals surface area (Å²) in [4.78, 5) is 34.9. The third-order valence-electron chi connectivity index (χ3n) is 3.37. The van der Waals surface area contributed by atoms with E-state index in [-0.39, 0.29) is 18.8 Å². The number of benzene rings is 1. The van der Waals surface area contributed by atoms with Crippen molar-refractivity contribution in [2.45, 2.75) is 45.1 Å². The molecule has 0 unspecified atom stereocenters. The number of nitrogens with one attached hydrogen (secondary N) is 1. The van der Waals surface area contributed by atoms with Crippen molar-refractivity contribution in [3.63, 3.8) is 0 Å². The number of amides is 1. The molecule has 1 N–H and O–H groups in total. The molecule has 24 heavy (non-hydrogen) atoms. The van der Waals surface area contributed by atoms with E-state index in [1.54, 1.807) is 39.0 Å². The summed E-state index contributed by atoms with van der Waals surface area (Å²) in [6, 6.07) is 5.01. The van der Waals surface area contributed by atoms with Crippen LogP contribution in [0.15, 0.2) is 18.2 Å². The van der Waals surface area contributed by atoms with Crippen LogP contribution in [-0.4, -0.2) is 30.7 Å². The Morgan fingerprint density at radius 2 is 1.83 bits per heavy atom. The molecule has 1 aliphatic heterocycles. The molecule has 0 atom stereocenters. The largest absolute Gasteiger partial charge is 0.496 e. The second-order valence-electron chi connectivity index (χ2n) is 6.53. The Morgan fingerprint density at radius 1 is 1.21 bits per heavy atom.